The van der Waals surface area contributed by atoms with Gasteiger partial charge in [0.25, 0.3) is 0 Å². The Hall–Kier alpha value is -0.440. The van der Waals surface area contributed by atoms with E-state index in [0.717, 1.165) is 6.42 Å². The van der Waals surface area contributed by atoms with Crippen molar-refractivity contribution in [2.24, 2.45) is 0 Å². The molecule has 11 heavy (non-hydrogen) atoms. The van der Waals surface area contributed by atoms with Crippen LogP contribution in [0.2, 0.25) is 0 Å². The van der Waals surface area contributed by atoms with Crippen molar-refractivity contribution in [1.29, 1.82) is 0 Å². The molecule has 0 saturated carbocycles. The van der Waals surface area contributed by atoms with Gasteiger partial charge < -0.3 is 5.32 Å². The van der Waals surface area contributed by atoms with Gasteiger partial charge in [0.1, 0.15) is 0 Å². The van der Waals surface area contributed by atoms with E-state index in [1.165, 1.54) is 6.08 Å². The van der Waals surface area contributed by atoms with Crippen LogP contribution in [-0.2, 0) is 0 Å². The standard InChI is InChI=1S/C8H14FNS/c1-4-7(3)10-6-8(5-2)11-9/h5-7,10H,2,4H2,1,3H3/b8-6+. The number of nitrogens with one attached hydrogen (secondary N) is 1. The highest BCUT2D eigenvalue weighted by Crippen LogP contribution is 2.15. The maximum absolute atomic E-state index is 11.9. The number of allylic oxidation sites excluding steroid dienone is 1. The van der Waals surface area contributed by atoms with Crippen LogP contribution in [0.5, 0.6) is 0 Å². The molecule has 0 spiro atoms. The second-order valence-corrected chi connectivity index (χ2v) is 2.93. The van der Waals surface area contributed by atoms with Crippen LogP contribution in [0.25, 0.3) is 0 Å². The average molecular weight is 175 g/mol. The van der Waals surface area contributed by atoms with Crippen molar-refractivity contribution in [3.63, 3.8) is 0 Å². The predicted octanol–water partition coefficient (Wildman–Crippen LogP) is 3.02. The summed E-state index contributed by atoms with van der Waals surface area (Å²) in [6.45, 7) is 7.58. The topological polar surface area (TPSA) is 12.0 Å². The molecule has 0 fully saturated rings. The van der Waals surface area contributed by atoms with Gasteiger partial charge in [-0.1, -0.05) is 19.6 Å². The molecule has 0 radical (unpaired) electrons. The minimum Gasteiger partial charge on any atom is -0.387 e. The SMILES string of the molecule is C=C/C(=C\NC(C)CC)SF. The molecule has 64 valence electrons. The van der Waals surface area contributed by atoms with Gasteiger partial charge in [-0.15, -0.1) is 0 Å². The quantitative estimate of drug-likeness (QED) is 0.645. The third kappa shape index (κ3) is 4.90. The molecule has 0 aliphatic carbocycles. The van der Waals surface area contributed by atoms with Crippen LogP contribution in [0.4, 0.5) is 3.89 Å². The maximum atomic E-state index is 11.9. The molecular formula is C8H14FNS. The van der Waals surface area contributed by atoms with E-state index in [4.69, 9.17) is 0 Å². The first-order valence-electron chi connectivity index (χ1n) is 3.61. The van der Waals surface area contributed by atoms with E-state index in [1.807, 2.05) is 6.92 Å². The molecular weight excluding hydrogens is 161 g/mol. The molecule has 0 aromatic rings. The van der Waals surface area contributed by atoms with E-state index in [-0.39, 0.29) is 12.1 Å². The van der Waals surface area contributed by atoms with Crippen molar-refractivity contribution < 1.29 is 3.89 Å². The highest BCUT2D eigenvalue weighted by Gasteiger charge is 1.94. The van der Waals surface area contributed by atoms with Crippen molar-refractivity contribution in [3.05, 3.63) is 23.8 Å². The lowest BCUT2D eigenvalue weighted by Crippen LogP contribution is -2.18. The molecule has 1 N–H and O–H groups in total. The molecule has 1 atom stereocenters. The Morgan fingerprint density at radius 2 is 2.45 bits per heavy atom. The third-order valence-electron chi connectivity index (χ3n) is 1.41. The average Bonchev–Trinajstić information content (AvgIpc) is 2.06. The summed E-state index contributed by atoms with van der Waals surface area (Å²) >= 11 is 0.203. The van der Waals surface area contributed by atoms with Gasteiger partial charge >= 0.3 is 0 Å². The van der Waals surface area contributed by atoms with Crippen LogP contribution < -0.4 is 5.32 Å². The predicted molar refractivity (Wildman–Crippen MR) is 49.9 cm³/mol. The van der Waals surface area contributed by atoms with Gasteiger partial charge in [-0.25, -0.2) is 0 Å². The van der Waals surface area contributed by atoms with Crippen molar-refractivity contribution >= 4 is 12.1 Å². The zero-order valence-electron chi connectivity index (χ0n) is 6.93. The lowest BCUT2D eigenvalue weighted by Gasteiger charge is -2.07. The zero-order chi connectivity index (χ0) is 8.69. The van der Waals surface area contributed by atoms with Gasteiger partial charge in [0.2, 0.25) is 0 Å². The van der Waals surface area contributed by atoms with Gasteiger partial charge in [0, 0.05) is 12.2 Å². The Labute approximate surface area is 72.0 Å². The molecule has 0 heterocycles. The van der Waals surface area contributed by atoms with Crippen LogP contribution in [-0.4, -0.2) is 6.04 Å². The van der Waals surface area contributed by atoms with E-state index in [0.29, 0.717) is 10.9 Å². The Morgan fingerprint density at radius 3 is 2.82 bits per heavy atom. The molecule has 0 bridgehead atoms. The van der Waals surface area contributed by atoms with Crippen molar-refractivity contribution in [1.82, 2.24) is 5.32 Å². The van der Waals surface area contributed by atoms with Crippen LogP contribution in [0.1, 0.15) is 20.3 Å². The van der Waals surface area contributed by atoms with E-state index in [2.05, 4.69) is 18.8 Å². The van der Waals surface area contributed by atoms with Crippen LogP contribution >= 0.6 is 12.1 Å². The molecule has 0 aromatic heterocycles. The van der Waals surface area contributed by atoms with Crippen molar-refractivity contribution in [2.75, 3.05) is 0 Å². The van der Waals surface area contributed by atoms with Gasteiger partial charge in [-0.2, -0.15) is 3.89 Å². The van der Waals surface area contributed by atoms with Gasteiger partial charge in [0.05, 0.1) is 17.1 Å². The summed E-state index contributed by atoms with van der Waals surface area (Å²) in [6, 6.07) is 0.386. The number of halogens is 1. The minimum atomic E-state index is 0.203. The molecule has 0 rings (SSSR count). The van der Waals surface area contributed by atoms with Gasteiger partial charge in [-0.3, -0.25) is 0 Å². The lowest BCUT2D eigenvalue weighted by atomic mass is 10.3. The first-order chi connectivity index (χ1) is 5.24. The number of hydrogen-bond acceptors (Lipinski definition) is 2. The Bertz CT molecular complexity index is 145. The largest absolute Gasteiger partial charge is 0.387 e. The lowest BCUT2D eigenvalue weighted by molar-refractivity contribution is 0.618. The van der Waals surface area contributed by atoms with Gasteiger partial charge in [-0.05, 0) is 13.3 Å². The Kier molecular flexibility index (Phi) is 6.03. The third-order valence-corrected chi connectivity index (χ3v) is 1.88. The van der Waals surface area contributed by atoms with Crippen LogP contribution in [0, 0.1) is 0 Å². The van der Waals surface area contributed by atoms with E-state index >= 15 is 0 Å². The second kappa shape index (κ2) is 6.28. The highest BCUT2D eigenvalue weighted by atomic mass is 32.2. The number of hydrogen-bond donors (Lipinski definition) is 1. The molecule has 0 aromatic carbocycles. The van der Waals surface area contributed by atoms with Gasteiger partial charge in [0.15, 0.2) is 0 Å². The summed E-state index contributed by atoms with van der Waals surface area (Å²) in [7, 11) is 0. The van der Waals surface area contributed by atoms with E-state index < -0.39 is 0 Å². The minimum absolute atomic E-state index is 0.203. The molecule has 3 heteroatoms. The molecule has 0 saturated heterocycles. The first kappa shape index (κ1) is 10.6. The summed E-state index contributed by atoms with van der Waals surface area (Å²) in [5.74, 6) is 0. The first-order valence-corrected chi connectivity index (χ1v) is 4.33. The number of rotatable bonds is 5. The Morgan fingerprint density at radius 1 is 1.82 bits per heavy atom. The smallest absolute Gasteiger partial charge is 0.0827 e. The fourth-order valence-corrected chi connectivity index (χ4v) is 0.631. The summed E-state index contributed by atoms with van der Waals surface area (Å²) in [5, 5.41) is 3.04. The van der Waals surface area contributed by atoms with E-state index in [9.17, 15) is 3.89 Å². The molecule has 1 nitrogen and oxygen atoms in total. The van der Waals surface area contributed by atoms with Crippen LogP contribution in [0.3, 0.4) is 0 Å². The molecule has 0 amide bonds. The summed E-state index contributed by atoms with van der Waals surface area (Å²) in [5.41, 5.74) is 0. The van der Waals surface area contributed by atoms with Crippen LogP contribution in [0.15, 0.2) is 23.8 Å². The maximum Gasteiger partial charge on any atom is 0.0827 e. The highest BCUT2D eigenvalue weighted by molar-refractivity contribution is 7.98. The molecule has 0 aliphatic rings. The van der Waals surface area contributed by atoms with Crippen molar-refractivity contribution in [2.45, 2.75) is 26.3 Å². The fraction of sp³-hybridized carbons (Fsp3) is 0.500. The summed E-state index contributed by atoms with van der Waals surface area (Å²) in [4.78, 5) is 0.519. The normalized spacial score (nSPS) is 14.3. The zero-order valence-corrected chi connectivity index (χ0v) is 7.75. The fourth-order valence-electron chi connectivity index (χ4n) is 0.455. The monoisotopic (exact) mass is 175 g/mol. The van der Waals surface area contributed by atoms with E-state index in [1.54, 1.807) is 6.20 Å². The molecule has 0 aliphatic heterocycles. The summed E-state index contributed by atoms with van der Waals surface area (Å²) in [6.07, 6.45) is 4.16. The Balaban J connectivity index is 3.77. The van der Waals surface area contributed by atoms with Crippen molar-refractivity contribution in [3.8, 4) is 0 Å². The second-order valence-electron chi connectivity index (χ2n) is 2.30. The molecule has 1 unspecified atom stereocenters. The summed E-state index contributed by atoms with van der Waals surface area (Å²) < 4.78 is 11.9.